The molecule has 0 aliphatic rings. The summed E-state index contributed by atoms with van der Waals surface area (Å²) in [5, 5.41) is 2.75. The molecule has 6 nitrogen and oxygen atoms in total. The minimum absolute atomic E-state index is 0.0454. The predicted molar refractivity (Wildman–Crippen MR) is 72.0 cm³/mol. The second-order valence-corrected chi connectivity index (χ2v) is 5.49. The topological polar surface area (TPSA) is 84.1 Å². The average molecular weight is 267 g/mol. The summed E-state index contributed by atoms with van der Waals surface area (Å²) >= 11 is 0. The van der Waals surface area contributed by atoms with Crippen molar-refractivity contribution in [2.45, 2.75) is 52.2 Å². The fraction of sp³-hybridized carbons (Fsp3) is 0.615. The van der Waals surface area contributed by atoms with Gasteiger partial charge in [0.15, 0.2) is 0 Å². The standard InChI is InChI=1S/C13H21N3O3/c1-9(16-12(18)19-13(2,3)4)5-6-10-7-11(17)15-8-14-10/h7-9H,5-6H2,1-4H3,(H,16,18)(H,14,15,17)/t9-/m1/s1. The van der Waals surface area contributed by atoms with Crippen LogP contribution in [0.5, 0.6) is 0 Å². The van der Waals surface area contributed by atoms with Gasteiger partial charge in [0.1, 0.15) is 5.60 Å². The highest BCUT2D eigenvalue weighted by Gasteiger charge is 2.17. The fourth-order valence-electron chi connectivity index (χ4n) is 1.49. The number of carbonyl (C=O) groups is 1. The molecule has 106 valence electrons. The number of aryl methyl sites for hydroxylation is 1. The predicted octanol–water partition coefficient (Wildman–Crippen LogP) is 1.62. The van der Waals surface area contributed by atoms with E-state index in [2.05, 4.69) is 15.3 Å². The Hall–Kier alpha value is -1.85. The van der Waals surface area contributed by atoms with Gasteiger partial charge < -0.3 is 15.0 Å². The number of nitrogens with zero attached hydrogens (tertiary/aromatic N) is 1. The van der Waals surface area contributed by atoms with Crippen molar-refractivity contribution in [2.75, 3.05) is 0 Å². The molecule has 0 saturated carbocycles. The van der Waals surface area contributed by atoms with E-state index >= 15 is 0 Å². The van der Waals surface area contributed by atoms with Crippen LogP contribution in [0, 0.1) is 0 Å². The van der Waals surface area contributed by atoms with Crippen molar-refractivity contribution >= 4 is 6.09 Å². The summed E-state index contributed by atoms with van der Waals surface area (Å²) in [6.07, 6.45) is 2.26. The second-order valence-electron chi connectivity index (χ2n) is 5.49. The molecule has 0 aliphatic heterocycles. The molecule has 2 N–H and O–H groups in total. The van der Waals surface area contributed by atoms with Crippen molar-refractivity contribution in [3.63, 3.8) is 0 Å². The number of nitrogens with one attached hydrogen (secondary N) is 2. The maximum absolute atomic E-state index is 11.5. The van der Waals surface area contributed by atoms with E-state index in [1.807, 2.05) is 27.7 Å². The van der Waals surface area contributed by atoms with Gasteiger partial charge in [0.05, 0.1) is 6.33 Å². The van der Waals surface area contributed by atoms with E-state index < -0.39 is 11.7 Å². The molecule has 1 heterocycles. The number of alkyl carbamates (subject to hydrolysis) is 1. The third kappa shape index (κ3) is 6.59. The second kappa shape index (κ2) is 6.36. The molecule has 6 heteroatoms. The summed E-state index contributed by atoms with van der Waals surface area (Å²) < 4.78 is 5.16. The smallest absolute Gasteiger partial charge is 0.407 e. The van der Waals surface area contributed by atoms with E-state index in [-0.39, 0.29) is 11.6 Å². The Morgan fingerprint density at radius 2 is 2.21 bits per heavy atom. The van der Waals surface area contributed by atoms with E-state index in [1.54, 1.807) is 0 Å². The fourth-order valence-corrected chi connectivity index (χ4v) is 1.49. The highest BCUT2D eigenvalue weighted by Crippen LogP contribution is 2.07. The third-order valence-corrected chi connectivity index (χ3v) is 2.33. The van der Waals surface area contributed by atoms with Gasteiger partial charge in [0.2, 0.25) is 0 Å². The summed E-state index contributed by atoms with van der Waals surface area (Å²) in [7, 11) is 0. The summed E-state index contributed by atoms with van der Waals surface area (Å²) in [6.45, 7) is 7.34. The van der Waals surface area contributed by atoms with Crippen LogP contribution in [0.2, 0.25) is 0 Å². The molecule has 1 amide bonds. The highest BCUT2D eigenvalue weighted by molar-refractivity contribution is 5.67. The molecule has 19 heavy (non-hydrogen) atoms. The van der Waals surface area contributed by atoms with Crippen molar-refractivity contribution in [2.24, 2.45) is 0 Å². The van der Waals surface area contributed by atoms with Crippen LogP contribution < -0.4 is 10.9 Å². The molecular formula is C13H21N3O3. The maximum Gasteiger partial charge on any atom is 0.407 e. The Labute approximate surface area is 112 Å². The number of hydrogen-bond acceptors (Lipinski definition) is 4. The molecule has 0 bridgehead atoms. The molecule has 1 aromatic rings. The monoisotopic (exact) mass is 267 g/mol. The number of H-pyrrole nitrogens is 1. The first-order valence-electron chi connectivity index (χ1n) is 6.29. The largest absolute Gasteiger partial charge is 0.444 e. The zero-order valence-electron chi connectivity index (χ0n) is 11.8. The van der Waals surface area contributed by atoms with Gasteiger partial charge in [-0.25, -0.2) is 9.78 Å². The lowest BCUT2D eigenvalue weighted by Crippen LogP contribution is -2.37. The van der Waals surface area contributed by atoms with Crippen LogP contribution in [0.15, 0.2) is 17.2 Å². The van der Waals surface area contributed by atoms with Gasteiger partial charge in [-0.3, -0.25) is 4.79 Å². The molecule has 1 aromatic heterocycles. The van der Waals surface area contributed by atoms with Crippen molar-refractivity contribution < 1.29 is 9.53 Å². The van der Waals surface area contributed by atoms with Crippen LogP contribution in [0.1, 0.15) is 39.8 Å². The van der Waals surface area contributed by atoms with Crippen LogP contribution >= 0.6 is 0 Å². The summed E-state index contributed by atoms with van der Waals surface area (Å²) in [5.41, 5.74) is 0.0392. The van der Waals surface area contributed by atoms with Gasteiger partial charge in [-0.1, -0.05) is 0 Å². The number of aromatic amines is 1. The molecular weight excluding hydrogens is 246 g/mol. The van der Waals surface area contributed by atoms with E-state index in [9.17, 15) is 9.59 Å². The highest BCUT2D eigenvalue weighted by atomic mass is 16.6. The van der Waals surface area contributed by atoms with Crippen LogP contribution in [0.3, 0.4) is 0 Å². The number of ether oxygens (including phenoxy) is 1. The van der Waals surface area contributed by atoms with Gasteiger partial charge in [-0.2, -0.15) is 0 Å². The third-order valence-electron chi connectivity index (χ3n) is 2.33. The molecule has 0 saturated heterocycles. The first kappa shape index (κ1) is 15.2. The van der Waals surface area contributed by atoms with Crippen LogP contribution in [0.25, 0.3) is 0 Å². The van der Waals surface area contributed by atoms with Crippen molar-refractivity contribution in [1.82, 2.24) is 15.3 Å². The summed E-state index contributed by atoms with van der Waals surface area (Å²) in [6, 6.07) is 1.41. The van der Waals surface area contributed by atoms with E-state index in [0.29, 0.717) is 18.5 Å². The van der Waals surface area contributed by atoms with Crippen molar-refractivity contribution in [1.29, 1.82) is 0 Å². The Morgan fingerprint density at radius 3 is 2.79 bits per heavy atom. The van der Waals surface area contributed by atoms with Gasteiger partial charge in [0, 0.05) is 17.8 Å². The average Bonchev–Trinajstić information content (AvgIpc) is 2.23. The van der Waals surface area contributed by atoms with E-state index in [4.69, 9.17) is 4.74 Å². The minimum Gasteiger partial charge on any atom is -0.444 e. The summed E-state index contributed by atoms with van der Waals surface area (Å²) in [4.78, 5) is 29.1. The Bertz CT molecular complexity index is 477. The van der Waals surface area contributed by atoms with Gasteiger partial charge >= 0.3 is 6.09 Å². The number of rotatable bonds is 4. The Morgan fingerprint density at radius 1 is 1.53 bits per heavy atom. The van der Waals surface area contributed by atoms with Gasteiger partial charge in [-0.05, 0) is 40.5 Å². The lowest BCUT2D eigenvalue weighted by molar-refractivity contribution is 0.0506. The normalized spacial score (nSPS) is 12.8. The first-order valence-corrected chi connectivity index (χ1v) is 6.29. The van der Waals surface area contributed by atoms with E-state index in [0.717, 1.165) is 0 Å². The minimum atomic E-state index is -0.502. The molecule has 1 atom stereocenters. The Kier molecular flexibility index (Phi) is 5.09. The Balaban J connectivity index is 2.38. The molecule has 0 fully saturated rings. The number of amides is 1. The number of carbonyl (C=O) groups excluding carboxylic acids is 1. The van der Waals surface area contributed by atoms with Gasteiger partial charge in [0.25, 0.3) is 5.56 Å². The molecule has 0 aromatic carbocycles. The molecule has 0 aliphatic carbocycles. The number of aromatic nitrogens is 2. The lowest BCUT2D eigenvalue weighted by Gasteiger charge is -2.21. The maximum atomic E-state index is 11.5. The van der Waals surface area contributed by atoms with E-state index in [1.165, 1.54) is 12.4 Å². The van der Waals surface area contributed by atoms with Crippen molar-refractivity contribution in [3.8, 4) is 0 Å². The molecule has 1 rings (SSSR count). The van der Waals surface area contributed by atoms with Crippen molar-refractivity contribution in [3.05, 3.63) is 28.4 Å². The first-order chi connectivity index (χ1) is 8.76. The molecule has 0 unspecified atom stereocenters. The SMILES string of the molecule is C[C@H](CCc1cc(=O)[nH]cn1)NC(=O)OC(C)(C)C. The van der Waals surface area contributed by atoms with Crippen LogP contribution in [-0.4, -0.2) is 27.7 Å². The van der Waals surface area contributed by atoms with Crippen LogP contribution in [0.4, 0.5) is 4.79 Å². The zero-order chi connectivity index (χ0) is 14.5. The molecule has 0 spiro atoms. The number of hydrogen-bond donors (Lipinski definition) is 2. The zero-order valence-corrected chi connectivity index (χ0v) is 11.8. The van der Waals surface area contributed by atoms with Gasteiger partial charge in [-0.15, -0.1) is 0 Å². The van der Waals surface area contributed by atoms with Crippen LogP contribution in [-0.2, 0) is 11.2 Å². The molecule has 0 radical (unpaired) electrons. The summed E-state index contributed by atoms with van der Waals surface area (Å²) in [5.74, 6) is 0. The lowest BCUT2D eigenvalue weighted by atomic mass is 10.1. The quantitative estimate of drug-likeness (QED) is 0.868.